The van der Waals surface area contributed by atoms with Crippen molar-refractivity contribution in [3.63, 3.8) is 0 Å². The number of carbonyl (C=O) groups is 2. The van der Waals surface area contributed by atoms with E-state index in [4.69, 9.17) is 11.6 Å². The molecule has 7 nitrogen and oxygen atoms in total. The molecule has 2 aromatic rings. The summed E-state index contributed by atoms with van der Waals surface area (Å²) in [5, 5.41) is 20.9. The lowest BCUT2D eigenvalue weighted by Crippen LogP contribution is -2.37. The Balaban J connectivity index is 1.89. The maximum absolute atomic E-state index is 13.0. The monoisotopic (exact) mass is 388 g/mol. The third kappa shape index (κ3) is 4.09. The highest BCUT2D eigenvalue weighted by Gasteiger charge is 2.31. The first kappa shape index (κ1) is 18.8. The number of hydrogen-bond acceptors (Lipinski definition) is 4. The van der Waals surface area contributed by atoms with E-state index in [0.29, 0.717) is 18.0 Å². The van der Waals surface area contributed by atoms with E-state index in [2.05, 4.69) is 0 Å². The van der Waals surface area contributed by atoms with E-state index in [1.54, 1.807) is 11.0 Å². The zero-order valence-corrected chi connectivity index (χ0v) is 15.1. The van der Waals surface area contributed by atoms with Crippen LogP contribution in [0.4, 0.5) is 5.69 Å². The molecule has 1 fully saturated rings. The topological polar surface area (TPSA) is 101 Å². The van der Waals surface area contributed by atoms with Crippen molar-refractivity contribution in [2.45, 2.75) is 25.3 Å². The molecule has 0 aliphatic carbocycles. The first-order valence-electron chi connectivity index (χ1n) is 8.44. The van der Waals surface area contributed by atoms with Gasteiger partial charge >= 0.3 is 5.97 Å². The molecule has 1 aliphatic heterocycles. The number of carboxylic acids is 1. The molecule has 0 aromatic heterocycles. The molecule has 1 heterocycles. The van der Waals surface area contributed by atoms with Crippen LogP contribution < -0.4 is 0 Å². The molecule has 0 radical (unpaired) electrons. The minimum atomic E-state index is -1.32. The number of hydrogen-bond donors (Lipinski definition) is 1. The van der Waals surface area contributed by atoms with Crippen LogP contribution in [0.1, 0.15) is 39.1 Å². The summed E-state index contributed by atoms with van der Waals surface area (Å²) in [5.41, 5.74) is 0.233. The number of halogens is 1. The molecule has 1 amide bonds. The van der Waals surface area contributed by atoms with Crippen molar-refractivity contribution >= 4 is 29.2 Å². The van der Waals surface area contributed by atoms with E-state index in [0.717, 1.165) is 30.5 Å². The van der Waals surface area contributed by atoms with Crippen molar-refractivity contribution < 1.29 is 19.6 Å². The van der Waals surface area contributed by atoms with Crippen LogP contribution >= 0.6 is 11.6 Å². The summed E-state index contributed by atoms with van der Waals surface area (Å²) >= 11 is 6.21. The van der Waals surface area contributed by atoms with Gasteiger partial charge in [-0.2, -0.15) is 0 Å². The predicted octanol–water partition coefficient (Wildman–Crippen LogP) is 3.79. The molecule has 0 spiro atoms. The van der Waals surface area contributed by atoms with E-state index < -0.39 is 22.5 Å². The van der Waals surface area contributed by atoms with E-state index in [-0.39, 0.29) is 17.2 Å². The van der Waals surface area contributed by atoms with Crippen LogP contribution in [-0.2, 0) is 6.42 Å². The van der Waals surface area contributed by atoms with Gasteiger partial charge in [0.25, 0.3) is 11.6 Å². The molecule has 1 aliphatic rings. The predicted molar refractivity (Wildman–Crippen MR) is 99.3 cm³/mol. The minimum absolute atomic E-state index is 0.00709. The van der Waals surface area contributed by atoms with Gasteiger partial charge in [-0.05, 0) is 37.0 Å². The Morgan fingerprint density at radius 1 is 1.22 bits per heavy atom. The molecule has 8 heteroatoms. The maximum atomic E-state index is 13.0. The van der Waals surface area contributed by atoms with Gasteiger partial charge in [0.05, 0.1) is 10.5 Å². The quantitative estimate of drug-likeness (QED) is 0.620. The smallest absolute Gasteiger partial charge is 0.335 e. The largest absolute Gasteiger partial charge is 0.478 e. The number of amides is 1. The van der Waals surface area contributed by atoms with Gasteiger partial charge in [0, 0.05) is 35.3 Å². The lowest BCUT2D eigenvalue weighted by atomic mass is 10.0. The van der Waals surface area contributed by atoms with Gasteiger partial charge in [-0.1, -0.05) is 29.8 Å². The standard InChI is InChI=1S/C19H17ClN2O5/c20-17-6-2-1-4-12(17)9-15-5-3-7-21(15)18(23)13-8-14(19(24)25)11-16(10-13)22(26)27/h1-2,4,6,8,10-11,15H,3,5,7,9H2,(H,24,25). The van der Waals surface area contributed by atoms with Crippen molar-refractivity contribution in [1.82, 2.24) is 4.90 Å². The number of carboxylic acid groups (broad SMARTS) is 1. The van der Waals surface area contributed by atoms with Crippen LogP contribution in [0.3, 0.4) is 0 Å². The highest BCUT2D eigenvalue weighted by Crippen LogP contribution is 2.27. The average molecular weight is 389 g/mol. The van der Waals surface area contributed by atoms with Crippen LogP contribution in [0.15, 0.2) is 42.5 Å². The SMILES string of the molecule is O=C(O)c1cc(C(=O)N2CCCC2Cc2ccccc2Cl)cc([N+](=O)[O-])c1. The summed E-state index contributed by atoms with van der Waals surface area (Å²) in [6.07, 6.45) is 2.17. The van der Waals surface area contributed by atoms with Crippen LogP contribution in [0.5, 0.6) is 0 Å². The minimum Gasteiger partial charge on any atom is -0.478 e. The van der Waals surface area contributed by atoms with Gasteiger partial charge in [0.15, 0.2) is 0 Å². The number of nitro benzene ring substituents is 1. The Kier molecular flexibility index (Phi) is 5.41. The second-order valence-corrected chi connectivity index (χ2v) is 6.83. The number of aromatic carboxylic acids is 1. The summed E-state index contributed by atoms with van der Waals surface area (Å²) in [4.78, 5) is 36.2. The molecular formula is C19H17ClN2O5. The van der Waals surface area contributed by atoms with Gasteiger partial charge in [-0.15, -0.1) is 0 Å². The second kappa shape index (κ2) is 7.75. The average Bonchev–Trinajstić information content (AvgIpc) is 3.10. The van der Waals surface area contributed by atoms with E-state index in [1.165, 1.54) is 6.07 Å². The zero-order chi connectivity index (χ0) is 19.6. The van der Waals surface area contributed by atoms with Gasteiger partial charge in [-0.25, -0.2) is 4.79 Å². The first-order chi connectivity index (χ1) is 12.9. The fourth-order valence-corrected chi connectivity index (χ4v) is 3.58. The van der Waals surface area contributed by atoms with Crippen molar-refractivity contribution in [2.24, 2.45) is 0 Å². The van der Waals surface area contributed by atoms with Crippen LogP contribution in [0, 0.1) is 10.1 Å². The first-order valence-corrected chi connectivity index (χ1v) is 8.82. The molecule has 0 bridgehead atoms. The third-order valence-corrected chi connectivity index (χ3v) is 5.04. The summed E-state index contributed by atoms with van der Waals surface area (Å²) in [7, 11) is 0. The van der Waals surface area contributed by atoms with Gasteiger partial charge in [0.1, 0.15) is 0 Å². The fourth-order valence-electron chi connectivity index (χ4n) is 3.36. The van der Waals surface area contributed by atoms with Crippen molar-refractivity contribution in [3.05, 3.63) is 74.3 Å². The third-order valence-electron chi connectivity index (χ3n) is 4.67. The number of nitrogens with zero attached hydrogens (tertiary/aromatic N) is 2. The molecule has 1 atom stereocenters. The number of non-ortho nitro benzene ring substituents is 1. The Hall–Kier alpha value is -2.93. The molecule has 27 heavy (non-hydrogen) atoms. The zero-order valence-electron chi connectivity index (χ0n) is 14.3. The summed E-state index contributed by atoms with van der Waals surface area (Å²) in [6, 6.07) is 10.6. The molecular weight excluding hydrogens is 372 g/mol. The van der Waals surface area contributed by atoms with Gasteiger partial charge < -0.3 is 10.0 Å². The summed E-state index contributed by atoms with van der Waals surface area (Å²) < 4.78 is 0. The number of carbonyl (C=O) groups excluding carboxylic acids is 1. The van der Waals surface area contributed by atoms with E-state index in [9.17, 15) is 24.8 Å². The Labute approximate surface area is 160 Å². The van der Waals surface area contributed by atoms with Gasteiger partial charge in [0.2, 0.25) is 0 Å². The molecule has 0 saturated carbocycles. The van der Waals surface area contributed by atoms with Crippen molar-refractivity contribution in [2.75, 3.05) is 6.54 Å². The highest BCUT2D eigenvalue weighted by molar-refractivity contribution is 6.31. The van der Waals surface area contributed by atoms with Crippen molar-refractivity contribution in [3.8, 4) is 0 Å². The van der Waals surface area contributed by atoms with E-state index in [1.807, 2.05) is 18.2 Å². The number of rotatable bonds is 5. The summed E-state index contributed by atoms with van der Waals surface area (Å²) in [6.45, 7) is 0.513. The molecule has 140 valence electrons. The molecule has 1 saturated heterocycles. The highest BCUT2D eigenvalue weighted by atomic mass is 35.5. The lowest BCUT2D eigenvalue weighted by molar-refractivity contribution is -0.384. The maximum Gasteiger partial charge on any atom is 0.335 e. The van der Waals surface area contributed by atoms with Crippen LogP contribution in [0.2, 0.25) is 5.02 Å². The summed E-state index contributed by atoms with van der Waals surface area (Å²) in [5.74, 6) is -1.72. The number of likely N-dealkylation sites (tertiary alicyclic amines) is 1. The molecule has 1 unspecified atom stereocenters. The Morgan fingerprint density at radius 3 is 2.59 bits per heavy atom. The molecule has 2 aromatic carbocycles. The van der Waals surface area contributed by atoms with E-state index >= 15 is 0 Å². The van der Waals surface area contributed by atoms with Gasteiger partial charge in [-0.3, -0.25) is 14.9 Å². The number of benzene rings is 2. The molecule has 1 N–H and O–H groups in total. The Morgan fingerprint density at radius 2 is 1.93 bits per heavy atom. The molecule has 3 rings (SSSR count). The van der Waals surface area contributed by atoms with Crippen molar-refractivity contribution in [1.29, 1.82) is 0 Å². The number of nitro groups is 1. The fraction of sp³-hybridized carbons (Fsp3) is 0.263. The van der Waals surface area contributed by atoms with Crippen LogP contribution in [0.25, 0.3) is 0 Å². The normalized spacial score (nSPS) is 16.3. The second-order valence-electron chi connectivity index (χ2n) is 6.42. The lowest BCUT2D eigenvalue weighted by Gasteiger charge is -2.25. The Bertz CT molecular complexity index is 882. The van der Waals surface area contributed by atoms with Crippen LogP contribution in [-0.4, -0.2) is 39.4 Å².